The van der Waals surface area contributed by atoms with Crippen molar-refractivity contribution in [3.63, 3.8) is 0 Å². The van der Waals surface area contributed by atoms with Gasteiger partial charge in [-0.2, -0.15) is 0 Å². The fraction of sp³-hybridized carbons (Fsp3) is 0.357. The molecule has 3 aromatic rings. The van der Waals surface area contributed by atoms with E-state index in [9.17, 15) is 9.59 Å². The molecule has 1 aromatic heterocycles. The summed E-state index contributed by atoms with van der Waals surface area (Å²) in [4.78, 5) is 31.9. The number of aryl methyl sites for hydroxylation is 1. The molecule has 0 saturated carbocycles. The van der Waals surface area contributed by atoms with Gasteiger partial charge in [0.15, 0.2) is 0 Å². The first kappa shape index (κ1) is 26.2. The summed E-state index contributed by atoms with van der Waals surface area (Å²) in [6.45, 7) is 3.79. The standard InChI is InChI=1S/C28H31ClN2O4S/c1-20-6-3-4-7-23(20)28(33)30(14-5-16-34-2)18-27(32)31-15-12-26-24(13-17-36-26)25(31)19-35-22-10-8-21(29)9-11-22/h3-4,6-11,13,17,25H,5,12,14-16,18-19H2,1-2H3. The molecule has 0 N–H and O–H groups in total. The number of halogens is 1. The highest BCUT2D eigenvalue weighted by molar-refractivity contribution is 7.10. The molecule has 4 rings (SSSR count). The van der Waals surface area contributed by atoms with E-state index >= 15 is 0 Å². The lowest BCUT2D eigenvalue weighted by Crippen LogP contribution is -2.48. The molecule has 8 heteroatoms. The fourth-order valence-electron chi connectivity index (χ4n) is 4.47. The van der Waals surface area contributed by atoms with Gasteiger partial charge in [-0.05, 0) is 72.7 Å². The van der Waals surface area contributed by atoms with Crippen LogP contribution in [0.2, 0.25) is 5.02 Å². The molecule has 0 saturated heterocycles. The van der Waals surface area contributed by atoms with Gasteiger partial charge in [0.1, 0.15) is 18.9 Å². The van der Waals surface area contributed by atoms with Crippen LogP contribution in [0.4, 0.5) is 0 Å². The lowest BCUT2D eigenvalue weighted by molar-refractivity contribution is -0.135. The maximum Gasteiger partial charge on any atom is 0.254 e. The number of amides is 2. The molecule has 0 fully saturated rings. The van der Waals surface area contributed by atoms with E-state index in [1.165, 1.54) is 4.88 Å². The highest BCUT2D eigenvalue weighted by atomic mass is 35.5. The zero-order valence-electron chi connectivity index (χ0n) is 20.6. The predicted octanol–water partition coefficient (Wildman–Crippen LogP) is 5.39. The van der Waals surface area contributed by atoms with Gasteiger partial charge < -0.3 is 19.3 Å². The average Bonchev–Trinajstić information content (AvgIpc) is 3.37. The second-order valence-electron chi connectivity index (χ2n) is 8.80. The van der Waals surface area contributed by atoms with E-state index in [1.54, 1.807) is 35.5 Å². The van der Waals surface area contributed by atoms with Gasteiger partial charge >= 0.3 is 0 Å². The summed E-state index contributed by atoms with van der Waals surface area (Å²) in [6, 6.07) is 16.5. The third-order valence-corrected chi connectivity index (χ3v) is 7.65. The molecule has 0 spiro atoms. The maximum atomic E-state index is 13.7. The van der Waals surface area contributed by atoms with Crippen molar-refractivity contribution < 1.29 is 19.1 Å². The Balaban J connectivity index is 1.52. The Labute approximate surface area is 221 Å². The summed E-state index contributed by atoms with van der Waals surface area (Å²) in [7, 11) is 1.64. The summed E-state index contributed by atoms with van der Waals surface area (Å²) in [5.74, 6) is 0.473. The first-order chi connectivity index (χ1) is 17.5. The molecule has 2 aromatic carbocycles. The van der Waals surface area contributed by atoms with Crippen molar-refractivity contribution in [3.05, 3.63) is 86.6 Å². The topological polar surface area (TPSA) is 59.1 Å². The molecule has 0 bridgehead atoms. The number of carbonyl (C=O) groups is 2. The monoisotopic (exact) mass is 526 g/mol. The summed E-state index contributed by atoms with van der Waals surface area (Å²) < 4.78 is 11.3. The Morgan fingerprint density at radius 2 is 1.92 bits per heavy atom. The van der Waals surface area contributed by atoms with Gasteiger partial charge in [-0.3, -0.25) is 9.59 Å². The van der Waals surface area contributed by atoms with Gasteiger partial charge in [-0.25, -0.2) is 0 Å². The molecule has 190 valence electrons. The number of carbonyl (C=O) groups excluding carboxylic acids is 2. The molecule has 2 amide bonds. The largest absolute Gasteiger partial charge is 0.491 e. The minimum atomic E-state index is -0.224. The van der Waals surface area contributed by atoms with Crippen LogP contribution in [-0.4, -0.2) is 61.6 Å². The SMILES string of the molecule is COCCCN(CC(=O)N1CCc2sccc2C1COc1ccc(Cl)cc1)C(=O)c1ccccc1C. The third kappa shape index (κ3) is 6.27. The van der Waals surface area contributed by atoms with Crippen molar-refractivity contribution in [2.45, 2.75) is 25.8 Å². The van der Waals surface area contributed by atoms with Gasteiger partial charge in [0.2, 0.25) is 5.91 Å². The van der Waals surface area contributed by atoms with Gasteiger partial charge in [0.25, 0.3) is 5.91 Å². The van der Waals surface area contributed by atoms with Gasteiger partial charge in [-0.1, -0.05) is 29.8 Å². The van der Waals surface area contributed by atoms with Crippen molar-refractivity contribution >= 4 is 34.8 Å². The molecule has 0 radical (unpaired) electrons. The fourth-order valence-corrected chi connectivity index (χ4v) is 5.52. The number of nitrogens with zero attached hydrogens (tertiary/aromatic N) is 2. The molecule has 1 aliphatic heterocycles. The molecule has 6 nitrogen and oxygen atoms in total. The Bertz CT molecular complexity index is 1180. The first-order valence-electron chi connectivity index (χ1n) is 12.1. The van der Waals surface area contributed by atoms with Crippen molar-refractivity contribution in [2.75, 3.05) is 40.0 Å². The normalized spacial score (nSPS) is 14.9. The minimum absolute atomic E-state index is 0.00774. The third-order valence-electron chi connectivity index (χ3n) is 6.40. The Morgan fingerprint density at radius 1 is 1.14 bits per heavy atom. The molecule has 36 heavy (non-hydrogen) atoms. The van der Waals surface area contributed by atoms with Gasteiger partial charge in [0, 0.05) is 42.3 Å². The van der Waals surface area contributed by atoms with Crippen LogP contribution in [0.1, 0.15) is 38.8 Å². The molecular formula is C28H31ClN2O4S. The summed E-state index contributed by atoms with van der Waals surface area (Å²) in [6.07, 6.45) is 1.45. The van der Waals surface area contributed by atoms with Crippen molar-refractivity contribution in [1.82, 2.24) is 9.80 Å². The van der Waals surface area contributed by atoms with E-state index in [0.29, 0.717) is 49.1 Å². The van der Waals surface area contributed by atoms with Crippen LogP contribution in [0.25, 0.3) is 0 Å². The second kappa shape index (κ2) is 12.4. The summed E-state index contributed by atoms with van der Waals surface area (Å²) in [5, 5.41) is 2.70. The van der Waals surface area contributed by atoms with Crippen LogP contribution < -0.4 is 4.74 Å². The number of thiophene rings is 1. The van der Waals surface area contributed by atoms with Crippen LogP contribution in [0, 0.1) is 6.92 Å². The van der Waals surface area contributed by atoms with Crippen molar-refractivity contribution in [1.29, 1.82) is 0 Å². The quantitative estimate of drug-likeness (QED) is 0.332. The minimum Gasteiger partial charge on any atom is -0.491 e. The highest BCUT2D eigenvalue weighted by Crippen LogP contribution is 2.34. The van der Waals surface area contributed by atoms with E-state index in [0.717, 1.165) is 17.5 Å². The van der Waals surface area contributed by atoms with E-state index in [-0.39, 0.29) is 24.4 Å². The maximum absolute atomic E-state index is 13.7. The van der Waals surface area contributed by atoms with E-state index in [1.807, 2.05) is 48.2 Å². The predicted molar refractivity (Wildman–Crippen MR) is 143 cm³/mol. The first-order valence-corrected chi connectivity index (χ1v) is 13.3. The number of hydrogen-bond acceptors (Lipinski definition) is 5. The van der Waals surface area contributed by atoms with Crippen LogP contribution >= 0.6 is 22.9 Å². The van der Waals surface area contributed by atoms with Crippen molar-refractivity contribution in [3.8, 4) is 5.75 Å². The zero-order valence-corrected chi connectivity index (χ0v) is 22.2. The molecule has 1 unspecified atom stereocenters. The molecule has 0 aliphatic carbocycles. The summed E-state index contributed by atoms with van der Waals surface area (Å²) in [5.41, 5.74) is 2.62. The molecule has 2 heterocycles. The summed E-state index contributed by atoms with van der Waals surface area (Å²) >= 11 is 7.71. The number of methoxy groups -OCH3 is 1. The highest BCUT2D eigenvalue weighted by Gasteiger charge is 2.33. The lowest BCUT2D eigenvalue weighted by Gasteiger charge is -2.37. The molecular weight excluding hydrogens is 496 g/mol. The van der Waals surface area contributed by atoms with Crippen molar-refractivity contribution in [2.24, 2.45) is 0 Å². The Kier molecular flexibility index (Phi) is 9.02. The van der Waals surface area contributed by atoms with Crippen LogP contribution in [0.5, 0.6) is 5.75 Å². The van der Waals surface area contributed by atoms with Crippen LogP contribution in [-0.2, 0) is 16.0 Å². The van der Waals surface area contributed by atoms with E-state index in [4.69, 9.17) is 21.1 Å². The average molecular weight is 527 g/mol. The number of benzene rings is 2. The van der Waals surface area contributed by atoms with Gasteiger partial charge in [0.05, 0.1) is 6.04 Å². The van der Waals surface area contributed by atoms with Crippen LogP contribution in [0.3, 0.4) is 0 Å². The number of ether oxygens (including phenoxy) is 2. The van der Waals surface area contributed by atoms with E-state index in [2.05, 4.69) is 11.4 Å². The Hall–Kier alpha value is -2.87. The molecule has 1 atom stereocenters. The Morgan fingerprint density at radius 3 is 2.67 bits per heavy atom. The smallest absolute Gasteiger partial charge is 0.254 e. The number of rotatable bonds is 10. The van der Waals surface area contributed by atoms with E-state index < -0.39 is 0 Å². The number of hydrogen-bond donors (Lipinski definition) is 0. The second-order valence-corrected chi connectivity index (χ2v) is 10.2. The van der Waals surface area contributed by atoms with Gasteiger partial charge in [-0.15, -0.1) is 11.3 Å². The number of fused-ring (bicyclic) bond motifs is 1. The van der Waals surface area contributed by atoms with Crippen LogP contribution in [0.15, 0.2) is 60.0 Å². The molecule has 1 aliphatic rings. The zero-order chi connectivity index (χ0) is 25.5. The lowest BCUT2D eigenvalue weighted by atomic mass is 10.00.